The third kappa shape index (κ3) is 8.45. The molecule has 0 amide bonds. The van der Waals surface area contributed by atoms with Gasteiger partial charge in [-0.05, 0) is 127 Å². The van der Waals surface area contributed by atoms with E-state index in [0.717, 1.165) is 82.3 Å². The van der Waals surface area contributed by atoms with Crippen LogP contribution in [-0.2, 0) is 6.54 Å². The van der Waals surface area contributed by atoms with Gasteiger partial charge < -0.3 is 23.9 Å². The van der Waals surface area contributed by atoms with Gasteiger partial charge in [-0.25, -0.2) is 0 Å². The Balaban J connectivity index is 1.20. The summed E-state index contributed by atoms with van der Waals surface area (Å²) in [6.45, 7) is 11.3. The second-order valence-electron chi connectivity index (χ2n) is 12.8. The van der Waals surface area contributed by atoms with Crippen LogP contribution in [0.15, 0.2) is 58.3 Å². The van der Waals surface area contributed by atoms with Gasteiger partial charge in [-0.2, -0.15) is 4.57 Å². The van der Waals surface area contributed by atoms with Gasteiger partial charge in [0.15, 0.2) is 12.3 Å². The van der Waals surface area contributed by atoms with Gasteiger partial charge in [0.05, 0.1) is 11.8 Å². The summed E-state index contributed by atoms with van der Waals surface area (Å²) in [5.41, 5.74) is 4.10. The van der Waals surface area contributed by atoms with Crippen LogP contribution < -0.4 is 14.2 Å². The van der Waals surface area contributed by atoms with Crippen molar-refractivity contribution in [1.82, 2.24) is 9.80 Å². The number of hydrogen-bond donors (Lipinski definition) is 0. The van der Waals surface area contributed by atoms with Crippen LogP contribution >= 0.6 is 23.2 Å². The zero-order valence-corrected chi connectivity index (χ0v) is 28.4. The molecule has 6 rings (SSSR count). The monoisotopic (exact) mass is 651 g/mol. The van der Waals surface area contributed by atoms with E-state index >= 15 is 0 Å². The standard InChI is InChI=1S/C37H49Cl2N4O2/c1-2-29(25-36-42(32-27-30(38)13-15-34(32)44-36)23-11-9-21-40-17-5-3-6-18-40)26-37-43(33-28-31(39)14-16-35(33)45-37)24-12-10-22-41-19-7-4-8-20-41/h13-16,25-28H,2-12,17-24H2,1H3/q+1. The number of anilines is 1. The Kier molecular flexibility index (Phi) is 11.4. The Bertz CT molecular complexity index is 1490. The fourth-order valence-electron chi connectivity index (χ4n) is 6.96. The SMILES string of the molecule is CCC(=Cc1oc2ccc(Cl)cc2[n+]1CCCCN1CCCCC1)C=C1Oc2ccc(Cl)cc2N1CCCCN1CCCCC1. The molecule has 4 heterocycles. The molecule has 3 aliphatic rings. The second-order valence-corrected chi connectivity index (χ2v) is 13.7. The highest BCUT2D eigenvalue weighted by molar-refractivity contribution is 6.31. The van der Waals surface area contributed by atoms with Crippen LogP contribution in [-0.4, -0.2) is 55.6 Å². The van der Waals surface area contributed by atoms with Crippen molar-refractivity contribution >= 4 is 46.1 Å². The van der Waals surface area contributed by atoms with Gasteiger partial charge in [0.25, 0.3) is 5.52 Å². The number of hydrogen-bond acceptors (Lipinski definition) is 5. The molecule has 6 nitrogen and oxygen atoms in total. The number of piperidine rings is 2. The lowest BCUT2D eigenvalue weighted by Gasteiger charge is -2.26. The highest BCUT2D eigenvalue weighted by atomic mass is 35.5. The number of aromatic nitrogens is 1. The number of allylic oxidation sites excluding steroid dienone is 2. The van der Waals surface area contributed by atoms with Gasteiger partial charge in [-0.1, -0.05) is 43.0 Å². The van der Waals surface area contributed by atoms with Crippen molar-refractivity contribution in [2.24, 2.45) is 0 Å². The summed E-state index contributed by atoms with van der Waals surface area (Å²) >= 11 is 12.9. The maximum Gasteiger partial charge on any atom is 0.374 e. The number of halogens is 2. The Morgan fingerprint density at radius 2 is 1.44 bits per heavy atom. The molecule has 0 bridgehead atoms. The minimum absolute atomic E-state index is 0.727. The first-order valence-corrected chi connectivity index (χ1v) is 18.1. The minimum atomic E-state index is 0.727. The molecule has 0 atom stereocenters. The van der Waals surface area contributed by atoms with Crippen molar-refractivity contribution in [3.63, 3.8) is 0 Å². The second kappa shape index (κ2) is 15.9. The molecule has 8 heteroatoms. The molecule has 45 heavy (non-hydrogen) atoms. The average Bonchev–Trinajstić information content (AvgIpc) is 3.57. The lowest BCUT2D eigenvalue weighted by molar-refractivity contribution is -0.678. The van der Waals surface area contributed by atoms with Crippen molar-refractivity contribution in [1.29, 1.82) is 0 Å². The van der Waals surface area contributed by atoms with Crippen LogP contribution in [0.2, 0.25) is 10.0 Å². The lowest BCUT2D eigenvalue weighted by atomic mass is 10.1. The third-order valence-electron chi connectivity index (χ3n) is 9.52. The van der Waals surface area contributed by atoms with Gasteiger partial charge >= 0.3 is 5.89 Å². The summed E-state index contributed by atoms with van der Waals surface area (Å²) in [5.74, 6) is 2.57. The summed E-state index contributed by atoms with van der Waals surface area (Å²) in [4.78, 5) is 7.54. The number of benzene rings is 2. The van der Waals surface area contributed by atoms with E-state index < -0.39 is 0 Å². The average molecular weight is 653 g/mol. The molecular formula is C37H49Cl2N4O2+. The normalized spacial score (nSPS) is 19.0. The Hall–Kier alpha value is -2.51. The van der Waals surface area contributed by atoms with Gasteiger partial charge in [-0.3, -0.25) is 0 Å². The van der Waals surface area contributed by atoms with Crippen LogP contribution in [0, 0.1) is 0 Å². The molecule has 2 aromatic carbocycles. The number of oxazole rings is 1. The molecule has 242 valence electrons. The summed E-state index contributed by atoms with van der Waals surface area (Å²) in [7, 11) is 0. The molecule has 2 fully saturated rings. The lowest BCUT2D eigenvalue weighted by Crippen LogP contribution is -2.36. The van der Waals surface area contributed by atoms with Crippen LogP contribution in [0.5, 0.6) is 5.75 Å². The number of unbranched alkanes of at least 4 members (excludes halogenated alkanes) is 2. The smallest absolute Gasteiger partial charge is 0.374 e. The topological polar surface area (TPSA) is 36.0 Å². The molecule has 0 N–H and O–H groups in total. The molecule has 3 aromatic rings. The maximum atomic E-state index is 6.46. The first kappa shape index (κ1) is 32.4. The van der Waals surface area contributed by atoms with Gasteiger partial charge in [-0.15, -0.1) is 0 Å². The highest BCUT2D eigenvalue weighted by Crippen LogP contribution is 2.41. The first-order valence-electron chi connectivity index (χ1n) is 17.3. The molecule has 0 unspecified atom stereocenters. The number of likely N-dealkylation sites (tertiary alicyclic amines) is 2. The van der Waals surface area contributed by atoms with Crippen LogP contribution in [0.3, 0.4) is 0 Å². The molecule has 2 saturated heterocycles. The molecule has 0 aliphatic carbocycles. The van der Waals surface area contributed by atoms with Crippen LogP contribution in [0.25, 0.3) is 17.2 Å². The van der Waals surface area contributed by atoms with Crippen molar-refractivity contribution in [3.8, 4) is 5.75 Å². The minimum Gasteiger partial charge on any atom is -0.439 e. The van der Waals surface area contributed by atoms with Gasteiger partial charge in [0.2, 0.25) is 11.5 Å². The highest BCUT2D eigenvalue weighted by Gasteiger charge is 2.27. The van der Waals surface area contributed by atoms with Crippen LogP contribution in [0.1, 0.15) is 83.4 Å². The van der Waals surface area contributed by atoms with Crippen molar-refractivity contribution in [3.05, 3.63) is 69.9 Å². The van der Waals surface area contributed by atoms with E-state index in [1.54, 1.807) is 0 Å². The zero-order valence-electron chi connectivity index (χ0n) is 26.9. The Labute approximate surface area is 279 Å². The molecule has 0 radical (unpaired) electrons. The number of nitrogens with zero attached hydrogens (tertiary/aromatic N) is 4. The van der Waals surface area contributed by atoms with E-state index in [2.05, 4.69) is 38.3 Å². The fraction of sp³-hybridized carbons (Fsp3) is 0.541. The molecule has 0 saturated carbocycles. The van der Waals surface area contributed by atoms with Gasteiger partial charge in [0.1, 0.15) is 0 Å². The summed E-state index contributed by atoms with van der Waals surface area (Å²) in [6, 6.07) is 11.8. The third-order valence-corrected chi connectivity index (χ3v) is 9.99. The number of rotatable bonds is 13. The number of aryl methyl sites for hydroxylation is 1. The molecule has 1 aromatic heterocycles. The summed E-state index contributed by atoms with van der Waals surface area (Å²) < 4.78 is 15.2. The molecule has 3 aliphatic heterocycles. The van der Waals surface area contributed by atoms with E-state index in [4.69, 9.17) is 32.4 Å². The fourth-order valence-corrected chi connectivity index (χ4v) is 7.30. The van der Waals surface area contributed by atoms with E-state index in [9.17, 15) is 0 Å². The van der Waals surface area contributed by atoms with E-state index in [1.165, 1.54) is 90.6 Å². The van der Waals surface area contributed by atoms with Crippen molar-refractivity contribution in [2.45, 2.75) is 84.1 Å². The largest absolute Gasteiger partial charge is 0.439 e. The Morgan fingerprint density at radius 3 is 2.16 bits per heavy atom. The number of ether oxygens (including phenoxy) is 1. The molecular weight excluding hydrogens is 603 g/mol. The zero-order chi connectivity index (χ0) is 31.0. The summed E-state index contributed by atoms with van der Waals surface area (Å²) in [6.07, 6.45) is 17.8. The van der Waals surface area contributed by atoms with E-state index in [1.807, 2.05) is 36.4 Å². The summed E-state index contributed by atoms with van der Waals surface area (Å²) in [5, 5.41) is 1.45. The molecule has 0 spiro atoms. The predicted octanol–water partition coefficient (Wildman–Crippen LogP) is 9.09. The van der Waals surface area contributed by atoms with E-state index in [0.29, 0.717) is 0 Å². The van der Waals surface area contributed by atoms with E-state index in [-0.39, 0.29) is 0 Å². The first-order chi connectivity index (χ1) is 22.1. The van der Waals surface area contributed by atoms with Crippen molar-refractivity contribution < 1.29 is 13.7 Å². The van der Waals surface area contributed by atoms with Crippen LogP contribution in [0.4, 0.5) is 5.69 Å². The number of fused-ring (bicyclic) bond motifs is 2. The van der Waals surface area contributed by atoms with Crippen molar-refractivity contribution in [2.75, 3.05) is 50.7 Å². The maximum absolute atomic E-state index is 6.46. The van der Waals surface area contributed by atoms with Gasteiger partial charge in [0, 0.05) is 35.2 Å². The Morgan fingerprint density at radius 1 is 0.800 bits per heavy atom. The quantitative estimate of drug-likeness (QED) is 0.136. The predicted molar refractivity (Wildman–Crippen MR) is 186 cm³/mol.